The van der Waals surface area contributed by atoms with E-state index >= 15 is 0 Å². The molecule has 0 radical (unpaired) electrons. The Bertz CT molecular complexity index is 898. The highest BCUT2D eigenvalue weighted by Crippen LogP contribution is 2.27. The number of sulfonamides is 1. The maximum atomic E-state index is 12.7. The summed E-state index contributed by atoms with van der Waals surface area (Å²) in [5.41, 5.74) is -0.0892. The van der Waals surface area contributed by atoms with Gasteiger partial charge in [-0.1, -0.05) is 17.7 Å². The normalized spacial score (nSPS) is 16.0. The number of aromatic nitrogens is 1. The molecule has 0 spiro atoms. The molecule has 1 aromatic carbocycles. The summed E-state index contributed by atoms with van der Waals surface area (Å²) in [6.45, 7) is 1.06. The number of pyridine rings is 1. The first kappa shape index (κ1) is 17.6. The third-order valence-corrected chi connectivity index (χ3v) is 6.06. The summed E-state index contributed by atoms with van der Waals surface area (Å²) in [5.74, 6) is 0.257. The van der Waals surface area contributed by atoms with E-state index in [1.165, 1.54) is 34.8 Å². The van der Waals surface area contributed by atoms with Crippen LogP contribution in [0.15, 0.2) is 47.5 Å². The average molecular weight is 383 g/mol. The summed E-state index contributed by atoms with van der Waals surface area (Å²) in [5, 5.41) is 11.5. The van der Waals surface area contributed by atoms with Gasteiger partial charge >= 0.3 is 5.69 Å². The number of hydrogen-bond acceptors (Lipinski definition) is 6. The van der Waals surface area contributed by atoms with Crippen LogP contribution in [0.25, 0.3) is 0 Å². The second kappa shape index (κ2) is 6.95. The lowest BCUT2D eigenvalue weighted by Gasteiger charge is -2.34. The molecular formula is C15H15ClN4O4S. The van der Waals surface area contributed by atoms with E-state index < -0.39 is 14.9 Å². The van der Waals surface area contributed by atoms with Crippen molar-refractivity contribution in [1.82, 2.24) is 9.29 Å². The third-order valence-electron chi connectivity index (χ3n) is 3.93. The Morgan fingerprint density at radius 3 is 2.48 bits per heavy atom. The lowest BCUT2D eigenvalue weighted by molar-refractivity contribution is -0.384. The molecule has 25 heavy (non-hydrogen) atoms. The first-order valence-corrected chi connectivity index (χ1v) is 9.31. The molecule has 2 aromatic rings. The second-order valence-electron chi connectivity index (χ2n) is 5.45. The Balaban J connectivity index is 1.77. The zero-order valence-electron chi connectivity index (χ0n) is 13.1. The predicted octanol–water partition coefficient (Wildman–Crippen LogP) is 2.15. The first-order valence-electron chi connectivity index (χ1n) is 7.49. The molecule has 10 heteroatoms. The Morgan fingerprint density at radius 2 is 1.84 bits per heavy atom. The minimum absolute atomic E-state index is 0.0892. The van der Waals surface area contributed by atoms with Crippen molar-refractivity contribution in [2.24, 2.45) is 0 Å². The fraction of sp³-hybridized carbons (Fsp3) is 0.267. The highest BCUT2D eigenvalue weighted by Gasteiger charge is 2.31. The van der Waals surface area contributed by atoms with Gasteiger partial charge in [0.25, 0.3) is 0 Å². The van der Waals surface area contributed by atoms with Crippen LogP contribution in [0.5, 0.6) is 0 Å². The van der Waals surface area contributed by atoms with Crippen LogP contribution in [0.1, 0.15) is 0 Å². The van der Waals surface area contributed by atoms with Crippen molar-refractivity contribution in [2.45, 2.75) is 4.90 Å². The van der Waals surface area contributed by atoms with Crippen molar-refractivity contribution in [3.8, 4) is 0 Å². The number of anilines is 1. The number of rotatable bonds is 4. The summed E-state index contributed by atoms with van der Waals surface area (Å²) in [6.07, 6.45) is 1.48. The number of nitro groups is 1. The molecule has 0 aliphatic carbocycles. The quantitative estimate of drug-likeness (QED) is 0.593. The maximum absolute atomic E-state index is 12.7. The molecule has 0 amide bonds. The van der Waals surface area contributed by atoms with Crippen molar-refractivity contribution in [3.63, 3.8) is 0 Å². The monoisotopic (exact) mass is 382 g/mol. The molecule has 8 nitrogen and oxygen atoms in total. The molecule has 0 unspecified atom stereocenters. The Morgan fingerprint density at radius 1 is 1.12 bits per heavy atom. The van der Waals surface area contributed by atoms with E-state index in [2.05, 4.69) is 4.98 Å². The summed E-state index contributed by atoms with van der Waals surface area (Å²) in [4.78, 5) is 16.6. The van der Waals surface area contributed by atoms with Crippen molar-refractivity contribution in [3.05, 3.63) is 57.7 Å². The molecule has 0 atom stereocenters. The molecule has 1 aromatic heterocycles. The number of benzene rings is 1. The smallest absolute Gasteiger partial charge is 0.311 e. The van der Waals surface area contributed by atoms with Crippen molar-refractivity contribution in [1.29, 1.82) is 0 Å². The lowest BCUT2D eigenvalue weighted by atomic mass is 10.3. The van der Waals surface area contributed by atoms with Crippen molar-refractivity contribution >= 4 is 33.1 Å². The SMILES string of the molecule is O=[N+]([O-])c1cccnc1N1CCN(S(=O)(=O)c2cccc(Cl)c2)CC1. The zero-order chi connectivity index (χ0) is 18.0. The van der Waals surface area contributed by atoms with Gasteiger partial charge in [-0.05, 0) is 24.3 Å². The van der Waals surface area contributed by atoms with Gasteiger partial charge < -0.3 is 4.90 Å². The molecule has 0 N–H and O–H groups in total. The van der Waals surface area contributed by atoms with Crippen LogP contribution in [-0.2, 0) is 10.0 Å². The van der Waals surface area contributed by atoms with E-state index in [-0.39, 0.29) is 29.5 Å². The van der Waals surface area contributed by atoms with Crippen LogP contribution in [0.4, 0.5) is 11.5 Å². The zero-order valence-corrected chi connectivity index (χ0v) is 14.7. The molecule has 1 saturated heterocycles. The van der Waals surface area contributed by atoms with Gasteiger partial charge in [0.1, 0.15) is 0 Å². The minimum atomic E-state index is -3.65. The maximum Gasteiger partial charge on any atom is 0.311 e. The summed E-state index contributed by atoms with van der Waals surface area (Å²) in [6, 6.07) is 8.99. The van der Waals surface area contributed by atoms with Crippen molar-refractivity contribution in [2.75, 3.05) is 31.1 Å². The second-order valence-corrected chi connectivity index (χ2v) is 7.83. The van der Waals surface area contributed by atoms with Crippen LogP contribution in [0.2, 0.25) is 5.02 Å². The van der Waals surface area contributed by atoms with Crippen LogP contribution < -0.4 is 4.90 Å². The molecule has 0 saturated carbocycles. The lowest BCUT2D eigenvalue weighted by Crippen LogP contribution is -2.49. The highest BCUT2D eigenvalue weighted by atomic mass is 35.5. The fourth-order valence-corrected chi connectivity index (χ4v) is 4.41. The van der Waals surface area contributed by atoms with E-state index in [0.717, 1.165) is 0 Å². The van der Waals surface area contributed by atoms with Gasteiger partial charge in [-0.25, -0.2) is 13.4 Å². The Hall–Kier alpha value is -2.23. The minimum Gasteiger partial charge on any atom is -0.348 e. The standard InChI is InChI=1S/C15H15ClN4O4S/c16-12-3-1-4-13(11-12)25(23,24)19-9-7-18(8-10-19)15-14(20(21)22)5-2-6-17-15/h1-6,11H,7-10H2. The molecule has 3 rings (SSSR count). The van der Waals surface area contributed by atoms with Gasteiger partial charge in [0, 0.05) is 43.5 Å². The predicted molar refractivity (Wildman–Crippen MR) is 93.3 cm³/mol. The topological polar surface area (TPSA) is 96.7 Å². The summed E-state index contributed by atoms with van der Waals surface area (Å²) in [7, 11) is -3.65. The molecule has 1 aliphatic heterocycles. The number of hydrogen-bond donors (Lipinski definition) is 0. The van der Waals surface area contributed by atoms with Crippen LogP contribution in [0, 0.1) is 10.1 Å². The van der Waals surface area contributed by atoms with E-state index in [1.807, 2.05) is 0 Å². The van der Waals surface area contributed by atoms with Crippen LogP contribution >= 0.6 is 11.6 Å². The number of halogens is 1. The third kappa shape index (κ3) is 3.58. The van der Waals surface area contributed by atoms with Crippen molar-refractivity contribution < 1.29 is 13.3 Å². The Kier molecular flexibility index (Phi) is 4.89. The molecule has 0 bridgehead atoms. The molecule has 132 valence electrons. The molecular weight excluding hydrogens is 368 g/mol. The van der Waals surface area contributed by atoms with Gasteiger partial charge in [-0.3, -0.25) is 10.1 Å². The van der Waals surface area contributed by atoms with Gasteiger partial charge in [0.15, 0.2) is 0 Å². The largest absolute Gasteiger partial charge is 0.348 e. The number of nitrogens with zero attached hydrogens (tertiary/aromatic N) is 4. The average Bonchev–Trinajstić information content (AvgIpc) is 2.62. The summed E-state index contributed by atoms with van der Waals surface area (Å²) < 4.78 is 26.7. The van der Waals surface area contributed by atoms with Crippen LogP contribution in [0.3, 0.4) is 0 Å². The fourth-order valence-electron chi connectivity index (χ4n) is 2.69. The first-order chi connectivity index (χ1) is 11.9. The molecule has 1 aliphatic rings. The Labute approximate surface area is 149 Å². The van der Waals surface area contributed by atoms with Gasteiger partial charge in [-0.15, -0.1) is 0 Å². The highest BCUT2D eigenvalue weighted by molar-refractivity contribution is 7.89. The van der Waals surface area contributed by atoms with Gasteiger partial charge in [-0.2, -0.15) is 4.31 Å². The van der Waals surface area contributed by atoms with E-state index in [9.17, 15) is 18.5 Å². The summed E-state index contributed by atoms with van der Waals surface area (Å²) >= 11 is 5.88. The molecule has 1 fully saturated rings. The van der Waals surface area contributed by atoms with E-state index in [1.54, 1.807) is 17.0 Å². The van der Waals surface area contributed by atoms with E-state index in [0.29, 0.717) is 18.1 Å². The van der Waals surface area contributed by atoms with Gasteiger partial charge in [0.2, 0.25) is 15.8 Å². The number of piperazine rings is 1. The van der Waals surface area contributed by atoms with Gasteiger partial charge in [0.05, 0.1) is 9.82 Å². The molecule has 2 heterocycles. The van der Waals surface area contributed by atoms with E-state index in [4.69, 9.17) is 11.6 Å². The van der Waals surface area contributed by atoms with Crippen LogP contribution in [-0.4, -0.2) is 48.8 Å².